The number of nitrogens with one attached hydrogen (secondary N) is 1. The molecule has 0 atom stereocenters. The van der Waals surface area contributed by atoms with E-state index in [9.17, 15) is 13.5 Å². The Bertz CT molecular complexity index is 1430. The molecule has 1 saturated heterocycles. The van der Waals surface area contributed by atoms with Gasteiger partial charge in [0.2, 0.25) is 11.9 Å². The summed E-state index contributed by atoms with van der Waals surface area (Å²) in [4.78, 5) is 15.6. The van der Waals surface area contributed by atoms with Gasteiger partial charge in [0.1, 0.15) is 6.33 Å². The van der Waals surface area contributed by atoms with Gasteiger partial charge in [-0.15, -0.1) is 5.10 Å². The van der Waals surface area contributed by atoms with E-state index < -0.39 is 9.84 Å². The molecule has 35 heavy (non-hydrogen) atoms. The number of hydrogen-bond acceptors (Lipinski definition) is 9. The van der Waals surface area contributed by atoms with E-state index in [4.69, 9.17) is 0 Å². The highest BCUT2D eigenvalue weighted by atomic mass is 32.2. The highest BCUT2D eigenvalue weighted by molar-refractivity contribution is 7.90. The van der Waals surface area contributed by atoms with Crippen molar-refractivity contribution in [3.05, 3.63) is 67.1 Å². The molecule has 0 aliphatic carbocycles. The molecule has 2 aromatic heterocycles. The van der Waals surface area contributed by atoms with Crippen molar-refractivity contribution in [3.8, 4) is 16.9 Å². The minimum atomic E-state index is -3.31. The Morgan fingerprint density at radius 3 is 2.54 bits per heavy atom. The number of nitrogens with zero attached hydrogens (tertiary/aromatic N) is 6. The van der Waals surface area contributed by atoms with E-state index in [1.807, 2.05) is 30.3 Å². The molecule has 1 aliphatic heterocycles. The number of aromatic nitrogens is 5. The van der Waals surface area contributed by atoms with Crippen LogP contribution in [0.4, 0.5) is 17.6 Å². The highest BCUT2D eigenvalue weighted by Gasteiger charge is 2.20. The largest absolute Gasteiger partial charge is 0.393 e. The van der Waals surface area contributed by atoms with Crippen LogP contribution < -0.4 is 10.2 Å². The lowest BCUT2D eigenvalue weighted by Crippen LogP contribution is -2.36. The number of aliphatic hydroxyl groups excluding tert-OH is 1. The molecule has 0 saturated carbocycles. The maximum atomic E-state index is 11.9. The van der Waals surface area contributed by atoms with Gasteiger partial charge in [0.25, 0.3) is 0 Å². The fraction of sp³-hybridized carbons (Fsp3) is 0.250. The quantitative estimate of drug-likeness (QED) is 0.419. The molecule has 11 heteroatoms. The maximum absolute atomic E-state index is 11.9. The molecule has 3 heterocycles. The molecule has 5 rings (SSSR count). The SMILES string of the molecule is CS(=O)(=O)c1cccc(-c2ccnc(Nc3ccc(-n4cnc(N5CCC(O)CC5)n4)cc3)n2)c1. The van der Waals surface area contributed by atoms with Gasteiger partial charge in [0.15, 0.2) is 9.84 Å². The third kappa shape index (κ3) is 5.31. The minimum absolute atomic E-state index is 0.240. The van der Waals surface area contributed by atoms with Crippen LogP contribution in [0.15, 0.2) is 72.0 Å². The summed E-state index contributed by atoms with van der Waals surface area (Å²) in [5, 5.41) is 17.4. The Kier molecular flexibility index (Phi) is 6.18. The van der Waals surface area contributed by atoms with E-state index in [1.54, 1.807) is 41.5 Å². The van der Waals surface area contributed by atoms with Crippen molar-refractivity contribution in [1.29, 1.82) is 0 Å². The van der Waals surface area contributed by atoms with Gasteiger partial charge in [-0.05, 0) is 55.3 Å². The molecule has 0 bridgehead atoms. The van der Waals surface area contributed by atoms with Gasteiger partial charge < -0.3 is 15.3 Å². The van der Waals surface area contributed by atoms with Crippen LogP contribution >= 0.6 is 0 Å². The van der Waals surface area contributed by atoms with Gasteiger partial charge in [0, 0.05) is 36.8 Å². The first-order valence-corrected chi connectivity index (χ1v) is 13.1. The van der Waals surface area contributed by atoms with Crippen molar-refractivity contribution < 1.29 is 13.5 Å². The number of aliphatic hydroxyl groups is 1. The van der Waals surface area contributed by atoms with Crippen LogP contribution in [0.1, 0.15) is 12.8 Å². The molecule has 2 aromatic carbocycles. The summed E-state index contributed by atoms with van der Waals surface area (Å²) in [5.74, 6) is 1.06. The molecular weight excluding hydrogens is 466 g/mol. The number of sulfone groups is 1. The first-order chi connectivity index (χ1) is 16.8. The highest BCUT2D eigenvalue weighted by Crippen LogP contribution is 2.23. The predicted octanol–water partition coefficient (Wildman–Crippen LogP) is 2.83. The van der Waals surface area contributed by atoms with Gasteiger partial charge in [-0.2, -0.15) is 4.98 Å². The summed E-state index contributed by atoms with van der Waals surface area (Å²) < 4.78 is 25.5. The third-order valence-corrected chi connectivity index (χ3v) is 6.94. The summed E-state index contributed by atoms with van der Waals surface area (Å²) in [5.41, 5.74) is 2.96. The summed E-state index contributed by atoms with van der Waals surface area (Å²) in [6.07, 6.45) is 5.70. The lowest BCUT2D eigenvalue weighted by molar-refractivity contribution is 0.145. The van der Waals surface area contributed by atoms with Gasteiger partial charge in [-0.25, -0.2) is 23.1 Å². The smallest absolute Gasteiger partial charge is 0.245 e. The Balaban J connectivity index is 1.29. The fourth-order valence-corrected chi connectivity index (χ4v) is 4.55. The second kappa shape index (κ2) is 9.43. The predicted molar refractivity (Wildman–Crippen MR) is 133 cm³/mol. The molecule has 10 nitrogen and oxygen atoms in total. The van der Waals surface area contributed by atoms with E-state index >= 15 is 0 Å². The van der Waals surface area contributed by atoms with E-state index in [0.29, 0.717) is 23.2 Å². The first-order valence-electron chi connectivity index (χ1n) is 11.2. The second-order valence-electron chi connectivity index (χ2n) is 8.44. The molecule has 1 aliphatic rings. The van der Waals surface area contributed by atoms with Crippen LogP contribution in [0.25, 0.3) is 16.9 Å². The third-order valence-electron chi connectivity index (χ3n) is 5.83. The Hall–Kier alpha value is -3.83. The number of rotatable bonds is 6. The summed E-state index contributed by atoms with van der Waals surface area (Å²) >= 11 is 0. The number of benzene rings is 2. The average molecular weight is 492 g/mol. The van der Waals surface area contributed by atoms with E-state index in [2.05, 4.69) is 30.3 Å². The molecule has 0 amide bonds. The van der Waals surface area contributed by atoms with E-state index in [-0.39, 0.29) is 11.0 Å². The molecule has 1 fully saturated rings. The van der Waals surface area contributed by atoms with E-state index in [0.717, 1.165) is 37.3 Å². The minimum Gasteiger partial charge on any atom is -0.393 e. The number of piperidine rings is 1. The van der Waals surface area contributed by atoms with Crippen LogP contribution in [0.5, 0.6) is 0 Å². The Labute approximate surface area is 203 Å². The lowest BCUT2D eigenvalue weighted by atomic mass is 10.1. The van der Waals surface area contributed by atoms with Crippen molar-refractivity contribution in [2.75, 3.05) is 29.6 Å². The van der Waals surface area contributed by atoms with Gasteiger partial charge in [0.05, 0.1) is 22.4 Å². The number of anilines is 3. The molecule has 0 unspecified atom stereocenters. The van der Waals surface area contributed by atoms with Crippen LogP contribution in [-0.4, -0.2) is 63.7 Å². The van der Waals surface area contributed by atoms with Crippen molar-refractivity contribution in [2.45, 2.75) is 23.8 Å². The van der Waals surface area contributed by atoms with Gasteiger partial charge in [-0.3, -0.25) is 0 Å². The summed E-state index contributed by atoms with van der Waals surface area (Å²) in [6, 6.07) is 16.0. The van der Waals surface area contributed by atoms with Crippen LogP contribution in [0, 0.1) is 0 Å². The molecule has 4 aromatic rings. The topological polar surface area (TPSA) is 126 Å². The van der Waals surface area contributed by atoms with Crippen LogP contribution in [0.3, 0.4) is 0 Å². The fourth-order valence-electron chi connectivity index (χ4n) is 3.88. The lowest BCUT2D eigenvalue weighted by Gasteiger charge is -2.28. The zero-order valence-electron chi connectivity index (χ0n) is 19.1. The molecule has 0 radical (unpaired) electrons. The summed E-state index contributed by atoms with van der Waals surface area (Å²) in [7, 11) is -3.31. The van der Waals surface area contributed by atoms with Crippen LogP contribution in [0.2, 0.25) is 0 Å². The van der Waals surface area contributed by atoms with Crippen molar-refractivity contribution in [1.82, 2.24) is 24.7 Å². The summed E-state index contributed by atoms with van der Waals surface area (Å²) in [6.45, 7) is 1.48. The maximum Gasteiger partial charge on any atom is 0.245 e. The number of hydrogen-bond donors (Lipinski definition) is 2. The first kappa shape index (κ1) is 22.9. The molecular formula is C24H25N7O3S. The Morgan fingerprint density at radius 2 is 1.80 bits per heavy atom. The average Bonchev–Trinajstić information content (AvgIpc) is 3.35. The molecule has 0 spiro atoms. The van der Waals surface area contributed by atoms with Crippen molar-refractivity contribution >= 4 is 27.4 Å². The van der Waals surface area contributed by atoms with Crippen molar-refractivity contribution in [2.24, 2.45) is 0 Å². The standard InChI is InChI=1S/C24H25N7O3S/c1-35(33,34)21-4-2-3-17(15-21)22-9-12-25-23(28-22)27-18-5-7-19(8-6-18)31-16-26-24(29-31)30-13-10-20(32)11-14-30/h2-9,12,15-16,20,32H,10-11,13-14H2,1H3,(H,25,27,28). The van der Waals surface area contributed by atoms with Crippen molar-refractivity contribution in [3.63, 3.8) is 0 Å². The van der Waals surface area contributed by atoms with E-state index in [1.165, 1.54) is 6.26 Å². The van der Waals surface area contributed by atoms with Crippen LogP contribution in [-0.2, 0) is 9.84 Å². The monoisotopic (exact) mass is 491 g/mol. The zero-order valence-corrected chi connectivity index (χ0v) is 19.9. The molecule has 2 N–H and O–H groups in total. The van der Waals surface area contributed by atoms with Gasteiger partial charge >= 0.3 is 0 Å². The second-order valence-corrected chi connectivity index (χ2v) is 10.5. The van der Waals surface area contributed by atoms with Gasteiger partial charge in [-0.1, -0.05) is 12.1 Å². The Morgan fingerprint density at radius 1 is 1.03 bits per heavy atom. The normalized spacial score (nSPS) is 14.7. The molecule has 180 valence electrons. The zero-order chi connectivity index (χ0) is 24.4.